The zero-order valence-electron chi connectivity index (χ0n) is 7.62. The maximum Gasteiger partial charge on any atom is 0.216 e. The van der Waals surface area contributed by atoms with Crippen LogP contribution in [0.3, 0.4) is 0 Å². The van der Waals surface area contributed by atoms with E-state index in [2.05, 4.69) is 16.3 Å². The van der Waals surface area contributed by atoms with Gasteiger partial charge < -0.3 is 14.6 Å². The first-order chi connectivity index (χ1) is 6.45. The molecule has 1 unspecified atom stereocenters. The highest BCUT2D eigenvalue weighted by Crippen LogP contribution is 2.35. The van der Waals surface area contributed by atoms with Crippen LogP contribution in [-0.4, -0.2) is 19.1 Å². The Labute approximate surface area is 77.7 Å². The largest absolute Gasteiger partial charge is 0.447 e. The second-order valence-corrected chi connectivity index (χ2v) is 3.86. The number of fused-ring (bicyclic) bond motifs is 3. The van der Waals surface area contributed by atoms with Gasteiger partial charge in [-0.25, -0.2) is 0 Å². The number of rotatable bonds is 0. The van der Waals surface area contributed by atoms with Crippen molar-refractivity contribution in [3.05, 3.63) is 12.3 Å². The van der Waals surface area contributed by atoms with Crippen LogP contribution in [0.15, 0.2) is 16.7 Å². The van der Waals surface area contributed by atoms with Crippen LogP contribution in [0.1, 0.15) is 19.3 Å². The van der Waals surface area contributed by atoms with E-state index in [0.717, 1.165) is 12.4 Å². The number of nitrogens with one attached hydrogen (secondary N) is 1. The Kier molecular flexibility index (Phi) is 1.51. The van der Waals surface area contributed by atoms with Gasteiger partial charge in [0.05, 0.1) is 6.26 Å². The lowest BCUT2D eigenvalue weighted by molar-refractivity contribution is 0.455. The summed E-state index contributed by atoms with van der Waals surface area (Å²) >= 11 is 0. The van der Waals surface area contributed by atoms with Crippen molar-refractivity contribution in [3.63, 3.8) is 0 Å². The summed E-state index contributed by atoms with van der Waals surface area (Å²) in [6.07, 6.45) is 5.78. The molecule has 0 aromatic carbocycles. The summed E-state index contributed by atoms with van der Waals surface area (Å²) < 4.78 is 5.35. The van der Waals surface area contributed by atoms with Crippen LogP contribution in [0.2, 0.25) is 0 Å². The SMILES string of the molecule is c1cc2c(o1)NCC1CCCCN21. The summed E-state index contributed by atoms with van der Waals surface area (Å²) in [5.41, 5.74) is 1.26. The molecule has 1 aromatic rings. The monoisotopic (exact) mass is 178 g/mol. The highest BCUT2D eigenvalue weighted by atomic mass is 16.3. The molecule has 3 heteroatoms. The van der Waals surface area contributed by atoms with Gasteiger partial charge in [-0.3, -0.25) is 0 Å². The van der Waals surface area contributed by atoms with Crippen LogP contribution >= 0.6 is 0 Å². The van der Waals surface area contributed by atoms with Gasteiger partial charge in [0.15, 0.2) is 0 Å². The molecule has 3 nitrogen and oxygen atoms in total. The molecule has 70 valence electrons. The van der Waals surface area contributed by atoms with Gasteiger partial charge in [-0.05, 0) is 19.3 Å². The van der Waals surface area contributed by atoms with E-state index in [1.807, 2.05) is 0 Å². The van der Waals surface area contributed by atoms with E-state index < -0.39 is 0 Å². The lowest BCUT2D eigenvalue weighted by Crippen LogP contribution is -2.46. The molecular weight excluding hydrogens is 164 g/mol. The standard InChI is InChI=1S/C10H14N2O/c1-2-5-12-8(3-1)7-11-10-9(12)4-6-13-10/h4,6,8,11H,1-3,5,7H2. The fraction of sp³-hybridized carbons (Fsp3) is 0.600. The van der Waals surface area contributed by atoms with Crippen LogP contribution in [0, 0.1) is 0 Å². The molecule has 1 N–H and O–H groups in total. The average molecular weight is 178 g/mol. The van der Waals surface area contributed by atoms with E-state index in [4.69, 9.17) is 4.42 Å². The Morgan fingerprint density at radius 2 is 2.46 bits per heavy atom. The van der Waals surface area contributed by atoms with E-state index in [1.54, 1.807) is 6.26 Å². The minimum atomic E-state index is 0.693. The highest BCUT2D eigenvalue weighted by Gasteiger charge is 2.29. The van der Waals surface area contributed by atoms with Crippen molar-refractivity contribution in [2.24, 2.45) is 0 Å². The quantitative estimate of drug-likeness (QED) is 0.659. The van der Waals surface area contributed by atoms with E-state index in [-0.39, 0.29) is 0 Å². The normalized spacial score (nSPS) is 26.2. The van der Waals surface area contributed by atoms with Gasteiger partial charge in [-0.15, -0.1) is 0 Å². The first-order valence-electron chi connectivity index (χ1n) is 5.03. The van der Waals surface area contributed by atoms with Crippen molar-refractivity contribution >= 4 is 11.6 Å². The van der Waals surface area contributed by atoms with Crippen LogP contribution < -0.4 is 10.2 Å². The van der Waals surface area contributed by atoms with Crippen molar-refractivity contribution in [1.29, 1.82) is 0 Å². The molecule has 0 bridgehead atoms. The molecule has 0 radical (unpaired) electrons. The third-order valence-electron chi connectivity index (χ3n) is 3.08. The third-order valence-corrected chi connectivity index (χ3v) is 3.08. The fourth-order valence-corrected chi connectivity index (χ4v) is 2.40. The summed E-state index contributed by atoms with van der Waals surface area (Å²) in [5.74, 6) is 0.957. The minimum Gasteiger partial charge on any atom is -0.447 e. The zero-order valence-corrected chi connectivity index (χ0v) is 7.62. The van der Waals surface area contributed by atoms with Gasteiger partial charge >= 0.3 is 0 Å². The predicted octanol–water partition coefficient (Wildman–Crippen LogP) is 2.06. The summed E-state index contributed by atoms with van der Waals surface area (Å²) in [4.78, 5) is 2.48. The van der Waals surface area contributed by atoms with Crippen molar-refractivity contribution in [3.8, 4) is 0 Å². The Bertz CT molecular complexity index is 308. The van der Waals surface area contributed by atoms with E-state index in [9.17, 15) is 0 Å². The molecule has 3 rings (SSSR count). The Morgan fingerprint density at radius 3 is 3.46 bits per heavy atom. The molecule has 2 aliphatic rings. The van der Waals surface area contributed by atoms with E-state index in [1.165, 1.54) is 31.5 Å². The molecule has 0 saturated carbocycles. The Hall–Kier alpha value is -1.12. The predicted molar refractivity (Wildman–Crippen MR) is 52.2 cm³/mol. The van der Waals surface area contributed by atoms with Crippen molar-refractivity contribution in [2.75, 3.05) is 23.3 Å². The molecule has 1 aromatic heterocycles. The highest BCUT2D eigenvalue weighted by molar-refractivity contribution is 5.67. The first kappa shape index (κ1) is 7.30. The number of anilines is 2. The first-order valence-corrected chi connectivity index (χ1v) is 5.03. The van der Waals surface area contributed by atoms with Crippen molar-refractivity contribution in [1.82, 2.24) is 0 Å². The lowest BCUT2D eigenvalue weighted by atomic mass is 10.00. The van der Waals surface area contributed by atoms with Crippen molar-refractivity contribution < 1.29 is 4.42 Å². The third kappa shape index (κ3) is 1.03. The number of piperidine rings is 1. The van der Waals surface area contributed by atoms with Gasteiger partial charge in [0.2, 0.25) is 5.88 Å². The zero-order chi connectivity index (χ0) is 8.67. The molecule has 3 heterocycles. The summed E-state index contributed by atoms with van der Waals surface area (Å²) in [5, 5.41) is 3.33. The summed E-state index contributed by atoms with van der Waals surface area (Å²) in [7, 11) is 0. The number of hydrogen-bond donors (Lipinski definition) is 1. The molecule has 2 aliphatic heterocycles. The topological polar surface area (TPSA) is 28.4 Å². The Morgan fingerprint density at radius 1 is 1.46 bits per heavy atom. The molecule has 1 atom stereocenters. The van der Waals surface area contributed by atoms with E-state index >= 15 is 0 Å². The maximum absolute atomic E-state index is 5.35. The molecule has 1 fully saturated rings. The van der Waals surface area contributed by atoms with Crippen LogP contribution in [0.25, 0.3) is 0 Å². The number of nitrogens with zero attached hydrogens (tertiary/aromatic N) is 1. The molecule has 13 heavy (non-hydrogen) atoms. The van der Waals surface area contributed by atoms with Gasteiger partial charge in [-0.1, -0.05) is 0 Å². The number of furan rings is 1. The second kappa shape index (κ2) is 2.69. The van der Waals surface area contributed by atoms with Crippen LogP contribution in [0.4, 0.5) is 11.6 Å². The molecule has 1 saturated heterocycles. The van der Waals surface area contributed by atoms with Gasteiger partial charge in [0.25, 0.3) is 0 Å². The van der Waals surface area contributed by atoms with Gasteiger partial charge in [0.1, 0.15) is 5.69 Å². The molecule has 0 spiro atoms. The smallest absolute Gasteiger partial charge is 0.216 e. The lowest BCUT2D eigenvalue weighted by Gasteiger charge is -2.40. The minimum absolute atomic E-state index is 0.693. The van der Waals surface area contributed by atoms with Crippen molar-refractivity contribution in [2.45, 2.75) is 25.3 Å². The number of hydrogen-bond acceptors (Lipinski definition) is 3. The molecule has 0 aliphatic carbocycles. The summed E-state index contributed by atoms with van der Waals surface area (Å²) in [6, 6.07) is 2.76. The van der Waals surface area contributed by atoms with Gasteiger partial charge in [0, 0.05) is 25.2 Å². The Balaban J connectivity index is 1.97. The van der Waals surface area contributed by atoms with Crippen LogP contribution in [0.5, 0.6) is 0 Å². The van der Waals surface area contributed by atoms with E-state index in [0.29, 0.717) is 6.04 Å². The van der Waals surface area contributed by atoms with Gasteiger partial charge in [-0.2, -0.15) is 0 Å². The molecule has 0 amide bonds. The average Bonchev–Trinajstić information content (AvgIpc) is 2.65. The van der Waals surface area contributed by atoms with Crippen LogP contribution in [-0.2, 0) is 0 Å². The second-order valence-electron chi connectivity index (χ2n) is 3.86. The fourth-order valence-electron chi connectivity index (χ4n) is 2.40. The summed E-state index contributed by atoms with van der Waals surface area (Å²) in [6.45, 7) is 2.24. The maximum atomic E-state index is 5.35. The molecular formula is C10H14N2O.